The lowest BCUT2D eigenvalue weighted by atomic mass is 9.33. The number of anilines is 6. The van der Waals surface area contributed by atoms with Gasteiger partial charge in [-0.3, -0.25) is 0 Å². The largest absolute Gasteiger partial charge is 0.452 e. The van der Waals surface area contributed by atoms with E-state index in [1.807, 2.05) is 6.07 Å². The van der Waals surface area contributed by atoms with Gasteiger partial charge >= 0.3 is 0 Å². The summed E-state index contributed by atoms with van der Waals surface area (Å²) in [5.41, 5.74) is 27.7. The average Bonchev–Trinajstić information content (AvgIpc) is 0.956. The minimum Gasteiger partial charge on any atom is -0.452 e. The maximum Gasteiger partial charge on any atom is 0.252 e. The van der Waals surface area contributed by atoms with Gasteiger partial charge in [0.1, 0.15) is 0 Å². The first-order valence-corrected chi connectivity index (χ1v) is 38.5. The van der Waals surface area contributed by atoms with Gasteiger partial charge in [-0.1, -0.05) is 282 Å². The maximum absolute atomic E-state index is 9.64. The highest BCUT2D eigenvalue weighted by atomic mass is 16.3. The van der Waals surface area contributed by atoms with Crippen molar-refractivity contribution < 1.29 is 11.3 Å². The molecule has 0 unspecified atom stereocenters. The average molecular weight is 1410 g/mol. The van der Waals surface area contributed by atoms with Gasteiger partial charge in [0, 0.05) is 71.9 Å². The summed E-state index contributed by atoms with van der Waals surface area (Å²) in [6, 6.07) is 84.4. The van der Waals surface area contributed by atoms with Crippen molar-refractivity contribution in [3.63, 3.8) is 0 Å². The molecular weight excluding hydrogens is 1310 g/mol. The van der Waals surface area contributed by atoms with Gasteiger partial charge in [0.05, 0.1) is 46.0 Å². The van der Waals surface area contributed by atoms with Crippen molar-refractivity contribution in [3.8, 4) is 44.8 Å². The second-order valence-corrected chi connectivity index (χ2v) is 36.7. The fourth-order valence-corrected chi connectivity index (χ4v) is 17.2. The van der Waals surface area contributed by atoms with E-state index in [1.165, 1.54) is 49.4 Å². The number of rotatable bonds is 7. The molecule has 534 valence electrons. The van der Waals surface area contributed by atoms with Gasteiger partial charge in [-0.2, -0.15) is 0 Å². The first-order valence-electron chi connectivity index (χ1n) is 41.0. The van der Waals surface area contributed by atoms with Crippen LogP contribution in [-0.2, 0) is 32.5 Å². The molecule has 13 aromatic carbocycles. The van der Waals surface area contributed by atoms with Gasteiger partial charge in [0.25, 0.3) is 6.71 Å². The van der Waals surface area contributed by atoms with Crippen molar-refractivity contribution in [3.05, 3.63) is 294 Å². The zero-order valence-corrected chi connectivity index (χ0v) is 65.7. The summed E-state index contributed by atoms with van der Waals surface area (Å²) in [5, 5.41) is 6.80. The number of nitrogens with zero attached hydrogens (tertiary/aromatic N) is 4. The Hall–Kier alpha value is -11.1. The third-order valence-corrected chi connectivity index (χ3v) is 23.3. The van der Waals surface area contributed by atoms with E-state index in [-0.39, 0.29) is 56.8 Å². The number of aromatic nitrogens is 2. The number of fused-ring (bicyclic) bond motifs is 13. The fraction of sp³-hybridized carbons (Fsp3) is 0.235. The Bertz CT molecular complexity index is 6460. The van der Waals surface area contributed by atoms with Crippen LogP contribution in [0.5, 0.6) is 0 Å². The van der Waals surface area contributed by atoms with Crippen LogP contribution in [0.15, 0.2) is 265 Å². The van der Waals surface area contributed by atoms with Crippen molar-refractivity contribution in [1.82, 2.24) is 9.13 Å². The predicted octanol–water partition coefficient (Wildman–Crippen LogP) is 26.6. The molecule has 0 fully saturated rings. The van der Waals surface area contributed by atoms with Gasteiger partial charge in [-0.25, -0.2) is 0 Å². The summed E-state index contributed by atoms with van der Waals surface area (Å²) in [6.45, 7) is 40.9. The molecule has 0 spiro atoms. The number of benzene rings is 13. The molecule has 2 aliphatic rings. The van der Waals surface area contributed by atoms with Crippen molar-refractivity contribution in [2.24, 2.45) is 0 Å². The monoisotopic (exact) mass is 1410 g/mol. The van der Waals surface area contributed by atoms with Crippen LogP contribution < -0.4 is 26.2 Å². The summed E-state index contributed by atoms with van der Waals surface area (Å²) >= 11 is 0. The fourth-order valence-electron chi connectivity index (χ4n) is 17.2. The van der Waals surface area contributed by atoms with Crippen LogP contribution in [0.4, 0.5) is 34.1 Å². The van der Waals surface area contributed by atoms with Crippen LogP contribution in [-0.4, -0.2) is 15.8 Å². The van der Waals surface area contributed by atoms with E-state index in [9.17, 15) is 2.74 Å². The Balaban J connectivity index is 0.989. The number of furan rings is 1. The Kier molecular flexibility index (Phi) is 14.1. The second-order valence-electron chi connectivity index (χ2n) is 36.7. The highest BCUT2D eigenvalue weighted by Crippen LogP contribution is 2.55. The smallest absolute Gasteiger partial charge is 0.252 e. The molecular formula is C102H97BN4O. The zero-order chi connectivity index (χ0) is 79.6. The summed E-state index contributed by atoms with van der Waals surface area (Å²) in [6.07, 6.45) is 0. The van der Waals surface area contributed by atoms with E-state index < -0.39 is 18.2 Å². The Labute approximate surface area is 645 Å². The van der Waals surface area contributed by atoms with Gasteiger partial charge in [-0.15, -0.1) is 0 Å². The van der Waals surface area contributed by atoms with Gasteiger partial charge < -0.3 is 23.4 Å². The lowest BCUT2D eigenvalue weighted by Crippen LogP contribution is -2.61. The van der Waals surface area contributed by atoms with Crippen LogP contribution in [0.25, 0.3) is 110 Å². The normalized spacial score (nSPS) is 14.2. The van der Waals surface area contributed by atoms with Crippen molar-refractivity contribution in [1.29, 1.82) is 0 Å². The molecule has 0 radical (unpaired) electrons. The van der Waals surface area contributed by atoms with E-state index in [4.69, 9.17) is 8.53 Å². The van der Waals surface area contributed by atoms with E-state index in [0.717, 1.165) is 134 Å². The van der Waals surface area contributed by atoms with Crippen LogP contribution in [0.1, 0.15) is 165 Å². The lowest BCUT2D eigenvalue weighted by molar-refractivity contribution is 0.590. The topological polar surface area (TPSA) is 29.5 Å². The van der Waals surface area contributed by atoms with E-state index in [1.54, 1.807) is 0 Å². The minimum atomic E-state index is -0.443. The Morgan fingerprint density at radius 3 is 1.16 bits per heavy atom. The molecule has 16 aromatic rings. The SMILES string of the molecule is [2H]c1c([2H])c([2H])c(-c2ccc3c(c2)N(c2c(-c4ccccc4)cc(C(C)(C)C)cc2-c2ccccc2)c2cc(C(C)(C)C)cc4c2B3c2ccc(-n3c5ccc(C(C)(C)C)cc5c5cc(C(C)(C)C)ccc53)cc2N4c2cccc3c2oc2c(-n4c5ccc(C(C)(C)C)cc5c5cc(C(C)(C)C)ccc54)cccc23)c([2H])c1[2H]. The molecule has 2 aliphatic heterocycles. The summed E-state index contributed by atoms with van der Waals surface area (Å²) < 4.78 is 59.2. The zero-order valence-electron chi connectivity index (χ0n) is 70.7. The molecule has 0 saturated carbocycles. The molecule has 0 saturated heterocycles. The number of hydrogen-bond acceptors (Lipinski definition) is 3. The van der Waals surface area contributed by atoms with E-state index in [0.29, 0.717) is 5.56 Å². The Morgan fingerprint density at radius 1 is 0.287 bits per heavy atom. The molecule has 0 N–H and O–H groups in total. The molecule has 0 bridgehead atoms. The summed E-state index contributed by atoms with van der Waals surface area (Å²) in [4.78, 5) is 5.01. The van der Waals surface area contributed by atoms with Crippen molar-refractivity contribution in [2.45, 2.75) is 157 Å². The van der Waals surface area contributed by atoms with E-state index in [2.05, 4.69) is 368 Å². The highest BCUT2D eigenvalue weighted by Gasteiger charge is 2.46. The molecule has 0 aliphatic carbocycles. The lowest BCUT2D eigenvalue weighted by Gasteiger charge is -2.46. The third-order valence-electron chi connectivity index (χ3n) is 23.3. The van der Waals surface area contributed by atoms with Gasteiger partial charge in [0.2, 0.25) is 0 Å². The molecule has 0 amide bonds. The van der Waals surface area contributed by atoms with Gasteiger partial charge in [0.15, 0.2) is 11.2 Å². The van der Waals surface area contributed by atoms with Crippen molar-refractivity contribution >= 4 is 123 Å². The molecule has 5 nitrogen and oxygen atoms in total. The van der Waals surface area contributed by atoms with Crippen molar-refractivity contribution in [2.75, 3.05) is 9.80 Å². The molecule has 0 atom stereocenters. The number of para-hydroxylation sites is 2. The summed E-state index contributed by atoms with van der Waals surface area (Å²) in [5.74, 6) is 0. The molecule has 3 aromatic heterocycles. The Morgan fingerprint density at radius 2 is 0.694 bits per heavy atom. The molecule has 18 rings (SSSR count). The van der Waals surface area contributed by atoms with Crippen LogP contribution in [0.3, 0.4) is 0 Å². The molecule has 108 heavy (non-hydrogen) atoms. The summed E-state index contributed by atoms with van der Waals surface area (Å²) in [7, 11) is 0. The second kappa shape index (κ2) is 24.2. The first kappa shape index (κ1) is 63.1. The third kappa shape index (κ3) is 11.1. The van der Waals surface area contributed by atoms with Crippen LogP contribution >= 0.6 is 0 Å². The maximum atomic E-state index is 9.64. The number of hydrogen-bond donors (Lipinski definition) is 0. The highest BCUT2D eigenvalue weighted by molar-refractivity contribution is 7.00. The van der Waals surface area contributed by atoms with E-state index >= 15 is 0 Å². The minimum absolute atomic E-state index is 0.0782. The van der Waals surface area contributed by atoms with Crippen LogP contribution in [0.2, 0.25) is 0 Å². The predicted molar refractivity (Wildman–Crippen MR) is 465 cm³/mol. The molecule has 6 heteroatoms. The molecule has 5 heterocycles. The van der Waals surface area contributed by atoms with Gasteiger partial charge in [-0.05, 0) is 208 Å². The first-order chi connectivity index (χ1) is 53.4. The standard InChI is InChI=1S/C102H97BN4O/c1-97(2,3)66-41-48-83-77(53-66)78-54-67(98(4,5)6)42-49-84(78)104(83)72-45-47-82-90(61-72)106(88-39-29-37-74-73-36-28-38-87(95(73)108-96(74)88)105-85-50-43-68(99(7,8)9)55-79(85)80-56-69(100(10,11)12)44-51-86(80)105)91-59-71(102(16,17)18)60-92-93(91)103(82)81-46-40-65(62-30-22-19-23-31-62)52-89(81)107(92)94-75(63-32-24-20-25-33-63)57-70(101(13,14)15)58-76(94)64-34-26-21-27-35-64/h19-61H,1-18H3/i19D,22D,23D,30D,31D. The van der Waals surface area contributed by atoms with Crippen LogP contribution in [0, 0.1) is 0 Å². The quantitative estimate of drug-likeness (QED) is 0.149.